The number of hydrogen-bond donors (Lipinski definition) is 1. The highest BCUT2D eigenvalue weighted by Gasteiger charge is 2.41. The lowest BCUT2D eigenvalue weighted by Gasteiger charge is -2.20. The van der Waals surface area contributed by atoms with Crippen LogP contribution in [0, 0.1) is 0 Å². The van der Waals surface area contributed by atoms with E-state index >= 15 is 0 Å². The molecule has 1 aliphatic rings. The summed E-state index contributed by atoms with van der Waals surface area (Å²) in [5.41, 5.74) is 0. The molecule has 2 heterocycles. The molecule has 8 heteroatoms. The number of carbonyl (C=O) groups is 1. The Hall–Kier alpha value is -1.12. The molecule has 0 aliphatic carbocycles. The van der Waals surface area contributed by atoms with Crippen molar-refractivity contribution in [2.75, 3.05) is 13.7 Å². The molecule has 1 aliphatic heterocycles. The number of thiophene rings is 1. The van der Waals surface area contributed by atoms with Crippen LogP contribution in [-0.4, -0.2) is 43.5 Å². The summed E-state index contributed by atoms with van der Waals surface area (Å²) >= 11 is 1.03. The number of carboxylic acids is 1. The highest BCUT2D eigenvalue weighted by Crippen LogP contribution is 2.35. The third-order valence-corrected chi connectivity index (χ3v) is 6.18. The molecule has 0 bridgehead atoms. The molecule has 1 saturated heterocycles. The van der Waals surface area contributed by atoms with Gasteiger partial charge in [0.05, 0.1) is 7.11 Å². The van der Waals surface area contributed by atoms with Gasteiger partial charge in [-0.3, -0.25) is 4.79 Å². The smallest absolute Gasteiger partial charge is 0.322 e. The van der Waals surface area contributed by atoms with Crippen LogP contribution in [0.25, 0.3) is 0 Å². The van der Waals surface area contributed by atoms with Crippen LogP contribution >= 0.6 is 11.3 Å². The lowest BCUT2D eigenvalue weighted by atomic mass is 10.2. The Bertz CT molecular complexity index is 550. The van der Waals surface area contributed by atoms with E-state index in [0.29, 0.717) is 12.8 Å². The van der Waals surface area contributed by atoms with E-state index in [9.17, 15) is 13.2 Å². The van der Waals surface area contributed by atoms with Crippen molar-refractivity contribution >= 4 is 27.3 Å². The highest BCUT2D eigenvalue weighted by molar-refractivity contribution is 7.91. The molecule has 0 amide bonds. The van der Waals surface area contributed by atoms with Crippen LogP contribution in [0.5, 0.6) is 5.75 Å². The van der Waals surface area contributed by atoms with E-state index in [-0.39, 0.29) is 16.5 Å². The number of nitrogens with zero attached hydrogens (tertiary/aromatic N) is 1. The zero-order valence-electron chi connectivity index (χ0n) is 9.70. The summed E-state index contributed by atoms with van der Waals surface area (Å²) in [6.07, 6.45) is 0.909. The quantitative estimate of drug-likeness (QED) is 0.894. The lowest BCUT2D eigenvalue weighted by molar-refractivity contribution is -0.140. The number of hydrogen-bond acceptors (Lipinski definition) is 5. The molecule has 100 valence electrons. The second kappa shape index (κ2) is 4.87. The van der Waals surface area contributed by atoms with E-state index in [1.807, 2.05) is 0 Å². The van der Waals surface area contributed by atoms with Crippen molar-refractivity contribution < 1.29 is 23.1 Å². The molecule has 6 nitrogen and oxygen atoms in total. The first kappa shape index (κ1) is 13.3. The zero-order valence-corrected chi connectivity index (χ0v) is 11.3. The molecule has 2 rings (SSSR count). The van der Waals surface area contributed by atoms with Gasteiger partial charge in [0.1, 0.15) is 11.8 Å². The van der Waals surface area contributed by atoms with Crippen molar-refractivity contribution in [1.82, 2.24) is 4.31 Å². The molecular formula is C10H13NO5S2. The summed E-state index contributed by atoms with van der Waals surface area (Å²) in [5, 5.41) is 10.6. The van der Waals surface area contributed by atoms with Crippen molar-refractivity contribution in [3.63, 3.8) is 0 Å². The molecule has 0 radical (unpaired) electrons. The van der Waals surface area contributed by atoms with Gasteiger partial charge in [-0.25, -0.2) is 8.42 Å². The fourth-order valence-electron chi connectivity index (χ4n) is 2.00. The average Bonchev–Trinajstić information content (AvgIpc) is 2.98. The van der Waals surface area contributed by atoms with Crippen LogP contribution in [0.4, 0.5) is 0 Å². The molecule has 1 N–H and O–H groups in total. The normalized spacial score (nSPS) is 21.1. The molecule has 1 atom stereocenters. The van der Waals surface area contributed by atoms with Gasteiger partial charge in [-0.1, -0.05) is 0 Å². The van der Waals surface area contributed by atoms with Gasteiger partial charge in [-0.2, -0.15) is 4.31 Å². The first-order valence-corrected chi connectivity index (χ1v) is 7.66. The summed E-state index contributed by atoms with van der Waals surface area (Å²) in [7, 11) is -2.40. The Morgan fingerprint density at radius 2 is 2.33 bits per heavy atom. The lowest BCUT2D eigenvalue weighted by Crippen LogP contribution is -2.40. The summed E-state index contributed by atoms with van der Waals surface area (Å²) in [5.74, 6) is -0.845. The van der Waals surface area contributed by atoms with E-state index < -0.39 is 22.0 Å². The van der Waals surface area contributed by atoms with Crippen molar-refractivity contribution in [3.05, 3.63) is 11.4 Å². The zero-order chi connectivity index (χ0) is 13.3. The molecule has 18 heavy (non-hydrogen) atoms. The first-order chi connectivity index (χ1) is 8.48. The predicted molar refractivity (Wildman–Crippen MR) is 65.4 cm³/mol. The minimum absolute atomic E-state index is 0.0677. The second-order valence-electron chi connectivity index (χ2n) is 3.89. The van der Waals surface area contributed by atoms with E-state index in [2.05, 4.69) is 0 Å². The van der Waals surface area contributed by atoms with Crippen LogP contribution in [0.2, 0.25) is 0 Å². The molecule has 0 aromatic carbocycles. The number of sulfonamides is 1. The van der Waals surface area contributed by atoms with Crippen LogP contribution in [-0.2, 0) is 14.8 Å². The Morgan fingerprint density at radius 3 is 2.94 bits per heavy atom. The number of rotatable bonds is 4. The first-order valence-electron chi connectivity index (χ1n) is 5.34. The number of methoxy groups -OCH3 is 1. The van der Waals surface area contributed by atoms with Gasteiger partial charge in [0.2, 0.25) is 0 Å². The SMILES string of the molecule is COc1ccsc1S(=O)(=O)N1CCCC1C(=O)O. The summed E-state index contributed by atoms with van der Waals surface area (Å²) in [6, 6.07) is 0.588. The summed E-state index contributed by atoms with van der Waals surface area (Å²) < 4.78 is 30.9. The molecule has 1 unspecified atom stereocenters. The van der Waals surface area contributed by atoms with Crippen LogP contribution in [0.3, 0.4) is 0 Å². The molecular weight excluding hydrogens is 278 g/mol. The molecule has 1 fully saturated rings. The Morgan fingerprint density at radius 1 is 1.61 bits per heavy atom. The molecule has 0 spiro atoms. The monoisotopic (exact) mass is 291 g/mol. The number of aliphatic carboxylic acids is 1. The van der Waals surface area contributed by atoms with Crippen LogP contribution in [0.15, 0.2) is 15.7 Å². The number of carboxylic acid groups (broad SMARTS) is 1. The second-order valence-corrected chi connectivity index (χ2v) is 6.89. The fraction of sp³-hybridized carbons (Fsp3) is 0.500. The Kier molecular flexibility index (Phi) is 3.60. The van der Waals surface area contributed by atoms with Gasteiger partial charge >= 0.3 is 5.97 Å². The highest BCUT2D eigenvalue weighted by atomic mass is 32.2. The van der Waals surface area contributed by atoms with Gasteiger partial charge in [-0.05, 0) is 24.3 Å². The largest absolute Gasteiger partial charge is 0.494 e. The van der Waals surface area contributed by atoms with Crippen molar-refractivity contribution in [2.24, 2.45) is 0 Å². The fourth-order valence-corrected chi connectivity index (χ4v) is 5.05. The minimum atomic E-state index is -3.79. The maximum atomic E-state index is 12.4. The van der Waals surface area contributed by atoms with Gasteiger partial charge < -0.3 is 9.84 Å². The molecule has 1 aromatic rings. The van der Waals surface area contributed by atoms with Crippen LogP contribution in [0.1, 0.15) is 12.8 Å². The predicted octanol–water partition coefficient (Wildman–Crippen LogP) is 0.994. The Balaban J connectivity index is 2.40. The van der Waals surface area contributed by atoms with Gasteiger partial charge in [0, 0.05) is 6.54 Å². The van der Waals surface area contributed by atoms with Gasteiger partial charge in [0.15, 0.2) is 4.21 Å². The third kappa shape index (κ3) is 2.11. The van der Waals surface area contributed by atoms with E-state index in [0.717, 1.165) is 15.6 Å². The maximum Gasteiger partial charge on any atom is 0.322 e. The minimum Gasteiger partial charge on any atom is -0.494 e. The van der Waals surface area contributed by atoms with Gasteiger partial charge in [0.25, 0.3) is 10.0 Å². The Labute approximate surface area is 109 Å². The van der Waals surface area contributed by atoms with Crippen LogP contribution < -0.4 is 4.74 Å². The number of ether oxygens (including phenoxy) is 1. The van der Waals surface area contributed by atoms with Crippen molar-refractivity contribution in [3.8, 4) is 5.75 Å². The van der Waals surface area contributed by atoms with Crippen molar-refractivity contribution in [2.45, 2.75) is 23.1 Å². The van der Waals surface area contributed by atoms with Crippen molar-refractivity contribution in [1.29, 1.82) is 0 Å². The molecule has 1 aromatic heterocycles. The summed E-state index contributed by atoms with van der Waals surface area (Å²) in [6.45, 7) is 0.236. The topological polar surface area (TPSA) is 83.9 Å². The maximum absolute atomic E-state index is 12.4. The summed E-state index contributed by atoms with van der Waals surface area (Å²) in [4.78, 5) is 11.0. The van der Waals surface area contributed by atoms with E-state index in [1.54, 1.807) is 11.4 Å². The van der Waals surface area contributed by atoms with Gasteiger partial charge in [-0.15, -0.1) is 11.3 Å². The molecule has 0 saturated carbocycles. The van der Waals surface area contributed by atoms with E-state index in [1.165, 1.54) is 7.11 Å². The average molecular weight is 291 g/mol. The third-order valence-electron chi connectivity index (χ3n) is 2.85. The van der Waals surface area contributed by atoms with E-state index in [4.69, 9.17) is 9.84 Å². The standard InChI is InChI=1S/C10H13NO5S2/c1-16-8-4-6-17-10(8)18(14,15)11-5-2-3-7(11)9(12)13/h4,6-7H,2-3,5H2,1H3,(H,12,13).